The Kier molecular flexibility index (Phi) is 4.78. The van der Waals surface area contributed by atoms with Crippen molar-refractivity contribution in [2.45, 2.75) is 53.2 Å². The molecule has 0 aliphatic heterocycles. The molecule has 0 spiro atoms. The van der Waals surface area contributed by atoms with Gasteiger partial charge in [0.15, 0.2) is 0 Å². The molecule has 0 aliphatic rings. The van der Waals surface area contributed by atoms with Gasteiger partial charge in [0.2, 0.25) is 0 Å². The van der Waals surface area contributed by atoms with Crippen LogP contribution < -0.4 is 5.73 Å². The summed E-state index contributed by atoms with van der Waals surface area (Å²) in [5.41, 5.74) is 9.89. The average molecular weight is 315 g/mol. The van der Waals surface area contributed by atoms with Crippen LogP contribution >= 0.6 is 0 Å². The minimum atomic E-state index is -0.473. The van der Waals surface area contributed by atoms with Gasteiger partial charge in [-0.2, -0.15) is 5.10 Å². The van der Waals surface area contributed by atoms with Crippen molar-refractivity contribution in [3.05, 3.63) is 46.8 Å². The van der Waals surface area contributed by atoms with Crippen LogP contribution in [0.25, 0.3) is 0 Å². The SMILES string of the molecule is Cc1nn(Cc2ccc(N)cc2)c(C)c1CC(=O)OC(C)(C)C. The predicted molar refractivity (Wildman–Crippen MR) is 91.2 cm³/mol. The molecule has 0 aliphatic carbocycles. The lowest BCUT2D eigenvalue weighted by Crippen LogP contribution is -2.25. The molecule has 5 nitrogen and oxygen atoms in total. The van der Waals surface area contributed by atoms with Gasteiger partial charge in [0.05, 0.1) is 18.7 Å². The molecule has 5 heteroatoms. The zero-order valence-electron chi connectivity index (χ0n) is 14.5. The molecule has 0 amide bonds. The number of aromatic nitrogens is 2. The summed E-state index contributed by atoms with van der Waals surface area (Å²) >= 11 is 0. The van der Waals surface area contributed by atoms with Gasteiger partial charge in [-0.25, -0.2) is 0 Å². The van der Waals surface area contributed by atoms with Crippen LogP contribution in [-0.4, -0.2) is 21.4 Å². The van der Waals surface area contributed by atoms with E-state index in [1.54, 1.807) is 0 Å². The number of carbonyl (C=O) groups is 1. The summed E-state index contributed by atoms with van der Waals surface area (Å²) in [7, 11) is 0. The van der Waals surface area contributed by atoms with Crippen LogP contribution in [0.3, 0.4) is 0 Å². The molecule has 1 heterocycles. The fourth-order valence-electron chi connectivity index (χ4n) is 2.46. The summed E-state index contributed by atoms with van der Waals surface area (Å²) in [5, 5.41) is 4.56. The maximum absolute atomic E-state index is 12.1. The first kappa shape index (κ1) is 17.1. The van der Waals surface area contributed by atoms with Gasteiger partial charge in [-0.15, -0.1) is 0 Å². The van der Waals surface area contributed by atoms with Crippen molar-refractivity contribution in [2.24, 2.45) is 0 Å². The largest absolute Gasteiger partial charge is 0.460 e. The molecule has 1 aromatic carbocycles. The van der Waals surface area contributed by atoms with Crippen LogP contribution in [0.4, 0.5) is 5.69 Å². The molecule has 23 heavy (non-hydrogen) atoms. The molecule has 0 unspecified atom stereocenters. The van der Waals surface area contributed by atoms with Crippen molar-refractivity contribution >= 4 is 11.7 Å². The highest BCUT2D eigenvalue weighted by Crippen LogP contribution is 2.18. The number of anilines is 1. The Balaban J connectivity index is 2.15. The van der Waals surface area contributed by atoms with Gasteiger partial charge in [0, 0.05) is 16.9 Å². The minimum absolute atomic E-state index is 0.226. The standard InChI is InChI=1S/C18H25N3O2/c1-12-16(10-17(22)23-18(3,4)5)13(2)21(20-12)11-14-6-8-15(19)9-7-14/h6-9H,10-11,19H2,1-5H3. The number of nitrogens with zero attached hydrogens (tertiary/aromatic N) is 2. The quantitative estimate of drug-likeness (QED) is 0.695. The monoisotopic (exact) mass is 315 g/mol. The molecule has 2 N–H and O–H groups in total. The van der Waals surface area contributed by atoms with Crippen molar-refractivity contribution in [3.8, 4) is 0 Å². The van der Waals surface area contributed by atoms with E-state index in [0.29, 0.717) is 6.54 Å². The lowest BCUT2D eigenvalue weighted by Gasteiger charge is -2.19. The summed E-state index contributed by atoms with van der Waals surface area (Å²) in [4.78, 5) is 12.1. The van der Waals surface area contributed by atoms with Crippen LogP contribution in [0.2, 0.25) is 0 Å². The number of benzene rings is 1. The second-order valence-electron chi connectivity index (χ2n) is 6.81. The summed E-state index contributed by atoms with van der Waals surface area (Å²) < 4.78 is 7.32. The molecule has 2 aromatic rings. The van der Waals surface area contributed by atoms with E-state index < -0.39 is 5.60 Å². The van der Waals surface area contributed by atoms with Gasteiger partial charge in [0.1, 0.15) is 5.60 Å². The Hall–Kier alpha value is -2.30. The van der Waals surface area contributed by atoms with E-state index in [9.17, 15) is 4.79 Å². The summed E-state index contributed by atoms with van der Waals surface area (Å²) in [6.45, 7) is 10.2. The van der Waals surface area contributed by atoms with Crippen molar-refractivity contribution in [1.82, 2.24) is 9.78 Å². The van der Waals surface area contributed by atoms with E-state index in [4.69, 9.17) is 10.5 Å². The molecule has 0 fully saturated rings. The fourth-order valence-corrected chi connectivity index (χ4v) is 2.46. The molecular formula is C18H25N3O2. The van der Waals surface area contributed by atoms with Gasteiger partial charge in [0.25, 0.3) is 0 Å². The number of ether oxygens (including phenoxy) is 1. The number of aryl methyl sites for hydroxylation is 1. The summed E-state index contributed by atoms with van der Waals surface area (Å²) in [6.07, 6.45) is 0.247. The maximum Gasteiger partial charge on any atom is 0.310 e. The molecule has 2 rings (SSSR count). The van der Waals surface area contributed by atoms with Crippen molar-refractivity contribution in [1.29, 1.82) is 0 Å². The van der Waals surface area contributed by atoms with Gasteiger partial charge < -0.3 is 10.5 Å². The van der Waals surface area contributed by atoms with E-state index in [0.717, 1.165) is 28.2 Å². The lowest BCUT2D eigenvalue weighted by molar-refractivity contribution is -0.153. The zero-order valence-corrected chi connectivity index (χ0v) is 14.5. The van der Waals surface area contributed by atoms with Crippen molar-refractivity contribution in [3.63, 3.8) is 0 Å². The van der Waals surface area contributed by atoms with Crippen LogP contribution in [0.5, 0.6) is 0 Å². The zero-order chi connectivity index (χ0) is 17.2. The Bertz CT molecular complexity index is 694. The highest BCUT2D eigenvalue weighted by Gasteiger charge is 2.20. The topological polar surface area (TPSA) is 70.1 Å². The molecule has 0 saturated carbocycles. The molecule has 124 valence electrons. The van der Waals surface area contributed by atoms with Crippen LogP contribution in [0.15, 0.2) is 24.3 Å². The molecule has 0 radical (unpaired) electrons. The predicted octanol–water partition coefficient (Wildman–Crippen LogP) is 3.01. The molecule has 1 aromatic heterocycles. The van der Waals surface area contributed by atoms with Gasteiger partial charge >= 0.3 is 5.97 Å². The first-order valence-corrected chi connectivity index (χ1v) is 7.75. The lowest BCUT2D eigenvalue weighted by atomic mass is 10.1. The van der Waals surface area contributed by atoms with E-state index in [1.165, 1.54) is 0 Å². The Morgan fingerprint density at radius 3 is 2.39 bits per heavy atom. The summed E-state index contributed by atoms with van der Waals surface area (Å²) in [6, 6.07) is 7.73. The van der Waals surface area contributed by atoms with Gasteiger partial charge in [-0.3, -0.25) is 9.48 Å². The Morgan fingerprint density at radius 1 is 1.22 bits per heavy atom. The van der Waals surface area contributed by atoms with Crippen molar-refractivity contribution in [2.75, 3.05) is 5.73 Å². The first-order chi connectivity index (χ1) is 10.7. The fraction of sp³-hybridized carbons (Fsp3) is 0.444. The summed E-state index contributed by atoms with van der Waals surface area (Å²) in [5.74, 6) is -0.226. The molecular weight excluding hydrogens is 290 g/mol. The highest BCUT2D eigenvalue weighted by atomic mass is 16.6. The first-order valence-electron chi connectivity index (χ1n) is 7.75. The Labute approximate surface area is 137 Å². The third-order valence-corrected chi connectivity index (χ3v) is 3.58. The van der Waals surface area contributed by atoms with E-state index in [2.05, 4.69) is 5.10 Å². The van der Waals surface area contributed by atoms with E-state index >= 15 is 0 Å². The second kappa shape index (κ2) is 6.44. The third kappa shape index (κ3) is 4.58. The number of rotatable bonds is 4. The number of esters is 1. The number of carbonyl (C=O) groups excluding carboxylic acids is 1. The average Bonchev–Trinajstić information content (AvgIpc) is 2.67. The van der Waals surface area contributed by atoms with Crippen LogP contribution in [-0.2, 0) is 22.5 Å². The minimum Gasteiger partial charge on any atom is -0.460 e. The third-order valence-electron chi connectivity index (χ3n) is 3.58. The number of hydrogen-bond donors (Lipinski definition) is 1. The van der Waals surface area contributed by atoms with E-state index in [1.807, 2.05) is 63.6 Å². The normalized spacial score (nSPS) is 11.5. The number of nitrogens with two attached hydrogens (primary N) is 1. The highest BCUT2D eigenvalue weighted by molar-refractivity contribution is 5.73. The molecule has 0 atom stereocenters. The Morgan fingerprint density at radius 2 is 1.83 bits per heavy atom. The van der Waals surface area contributed by atoms with E-state index in [-0.39, 0.29) is 12.4 Å². The number of hydrogen-bond acceptors (Lipinski definition) is 4. The van der Waals surface area contributed by atoms with Crippen molar-refractivity contribution < 1.29 is 9.53 Å². The second-order valence-corrected chi connectivity index (χ2v) is 6.81. The van der Waals surface area contributed by atoms with Crippen LogP contribution in [0, 0.1) is 13.8 Å². The number of nitrogen functional groups attached to an aromatic ring is 1. The van der Waals surface area contributed by atoms with Gasteiger partial charge in [-0.1, -0.05) is 12.1 Å². The molecule has 0 saturated heterocycles. The van der Waals surface area contributed by atoms with Crippen LogP contribution in [0.1, 0.15) is 43.3 Å². The maximum atomic E-state index is 12.1. The molecule has 0 bridgehead atoms. The van der Waals surface area contributed by atoms with Gasteiger partial charge in [-0.05, 0) is 52.3 Å². The smallest absolute Gasteiger partial charge is 0.310 e.